The van der Waals surface area contributed by atoms with Crippen LogP contribution in [0.2, 0.25) is 0 Å². The molecule has 2 atom stereocenters. The Balaban J connectivity index is 1.21. The summed E-state index contributed by atoms with van der Waals surface area (Å²) in [6.07, 6.45) is 11.3. The number of amides is 1. The van der Waals surface area contributed by atoms with Crippen molar-refractivity contribution in [3.63, 3.8) is 0 Å². The number of methoxy groups -OCH3 is 2. The molecule has 0 bridgehead atoms. The Hall–Kier alpha value is -5.08. The summed E-state index contributed by atoms with van der Waals surface area (Å²) in [7, 11) is 3.36. The first kappa shape index (κ1) is 35.7. The largest absolute Gasteiger partial charge is 0.496 e. The Morgan fingerprint density at radius 1 is 1.02 bits per heavy atom. The zero-order valence-corrected chi connectivity index (χ0v) is 29.9. The zero-order chi connectivity index (χ0) is 35.9. The van der Waals surface area contributed by atoms with Gasteiger partial charge in [-0.05, 0) is 98.3 Å². The highest BCUT2D eigenvalue weighted by atomic mass is 16.5. The molecule has 0 saturated carbocycles. The predicted molar refractivity (Wildman–Crippen MR) is 199 cm³/mol. The summed E-state index contributed by atoms with van der Waals surface area (Å²) >= 11 is 0. The smallest absolute Gasteiger partial charge is 0.274 e. The molecule has 2 aliphatic rings. The normalized spacial score (nSPS) is 18.1. The van der Waals surface area contributed by atoms with Crippen LogP contribution in [0.15, 0.2) is 60.9 Å². The summed E-state index contributed by atoms with van der Waals surface area (Å²) in [4.78, 5) is 26.8. The first-order valence-electron chi connectivity index (χ1n) is 17.6. The number of nitriles is 1. The number of hydrogen-bond donors (Lipinski definition) is 2. The van der Waals surface area contributed by atoms with Crippen molar-refractivity contribution in [2.75, 3.05) is 39.2 Å². The molecule has 10 heteroatoms. The van der Waals surface area contributed by atoms with E-state index in [4.69, 9.17) is 9.47 Å². The number of hydrogen-bond acceptors (Lipinski definition) is 9. The Bertz CT molecular complexity index is 1910. The Morgan fingerprint density at radius 2 is 1.82 bits per heavy atom. The van der Waals surface area contributed by atoms with Gasteiger partial charge in [-0.2, -0.15) is 5.26 Å². The number of carbonyl (C=O) groups excluding carboxylic acids is 1. The Labute approximate surface area is 300 Å². The van der Waals surface area contributed by atoms with E-state index in [1.165, 1.54) is 19.3 Å². The number of carbonyl (C=O) groups is 1. The van der Waals surface area contributed by atoms with E-state index in [0.717, 1.165) is 70.9 Å². The molecule has 2 N–H and O–H groups in total. The minimum absolute atomic E-state index is 0.281. The second kappa shape index (κ2) is 16.3. The number of pyridine rings is 2. The molecule has 6 rings (SSSR count). The number of nitrogens with one attached hydrogen (secondary N) is 1. The lowest BCUT2D eigenvalue weighted by atomic mass is 9.94. The maximum Gasteiger partial charge on any atom is 0.274 e. The fraction of sp³-hybridized carbons (Fsp3) is 0.366. The highest BCUT2D eigenvalue weighted by Gasteiger charge is 2.23. The number of benzene rings is 2. The van der Waals surface area contributed by atoms with Crippen LogP contribution in [0.3, 0.4) is 0 Å². The molecule has 1 amide bonds. The number of rotatable bonds is 11. The van der Waals surface area contributed by atoms with Gasteiger partial charge in [-0.15, -0.1) is 0 Å². The second-order valence-electron chi connectivity index (χ2n) is 13.4. The molecule has 2 saturated heterocycles. The Kier molecular flexibility index (Phi) is 11.4. The van der Waals surface area contributed by atoms with Gasteiger partial charge >= 0.3 is 0 Å². The van der Waals surface area contributed by atoms with E-state index in [0.29, 0.717) is 41.8 Å². The summed E-state index contributed by atoms with van der Waals surface area (Å²) in [5, 5.41) is 23.2. The first-order chi connectivity index (χ1) is 24.8. The molecule has 4 heterocycles. The van der Waals surface area contributed by atoms with Crippen LogP contribution in [0.5, 0.6) is 11.5 Å². The molecule has 51 heavy (non-hydrogen) atoms. The third-order valence-corrected chi connectivity index (χ3v) is 10.0. The van der Waals surface area contributed by atoms with Crippen molar-refractivity contribution in [2.24, 2.45) is 0 Å². The molecule has 0 unspecified atom stereocenters. The summed E-state index contributed by atoms with van der Waals surface area (Å²) in [6, 6.07) is 18.0. The van der Waals surface area contributed by atoms with E-state index >= 15 is 0 Å². The van der Waals surface area contributed by atoms with Gasteiger partial charge in [0, 0.05) is 55.9 Å². The third kappa shape index (κ3) is 8.29. The van der Waals surface area contributed by atoms with E-state index < -0.39 is 0 Å². The number of β-amino-alcohol motifs (C(OH)–C–C–N with tert-alkyl or cyclic N) is 1. The predicted octanol–water partition coefficient (Wildman–Crippen LogP) is 6.70. The molecule has 2 aromatic heterocycles. The molecule has 2 fully saturated rings. The van der Waals surface area contributed by atoms with Crippen LogP contribution in [0.1, 0.15) is 76.6 Å². The van der Waals surface area contributed by atoms with Gasteiger partial charge in [0.2, 0.25) is 0 Å². The van der Waals surface area contributed by atoms with E-state index in [1.54, 1.807) is 32.7 Å². The van der Waals surface area contributed by atoms with Crippen molar-refractivity contribution in [1.82, 2.24) is 19.8 Å². The zero-order valence-electron chi connectivity index (χ0n) is 29.9. The number of aliphatic hydroxyl groups excluding tert-OH is 1. The first-order valence-corrected chi connectivity index (χ1v) is 17.6. The van der Waals surface area contributed by atoms with Crippen LogP contribution in [-0.2, 0) is 13.1 Å². The van der Waals surface area contributed by atoms with Crippen LogP contribution in [-0.4, -0.2) is 76.8 Å². The van der Waals surface area contributed by atoms with Gasteiger partial charge in [-0.3, -0.25) is 24.6 Å². The number of ether oxygens (including phenoxy) is 2. The van der Waals surface area contributed by atoms with Crippen molar-refractivity contribution in [3.05, 3.63) is 100 Å². The van der Waals surface area contributed by atoms with Gasteiger partial charge in [0.05, 0.1) is 37.1 Å². The van der Waals surface area contributed by atoms with Crippen molar-refractivity contribution >= 4 is 23.7 Å². The number of nitrogens with zero attached hydrogens (tertiary/aromatic N) is 5. The van der Waals surface area contributed by atoms with E-state index in [2.05, 4.69) is 38.1 Å². The van der Waals surface area contributed by atoms with Gasteiger partial charge in [0.25, 0.3) is 5.91 Å². The molecule has 0 radical (unpaired) electrons. The number of piperidine rings is 1. The van der Waals surface area contributed by atoms with E-state index in [9.17, 15) is 15.2 Å². The number of aromatic nitrogens is 2. The summed E-state index contributed by atoms with van der Waals surface area (Å²) in [6.45, 7) is 8.19. The van der Waals surface area contributed by atoms with Crippen LogP contribution in [0.4, 0.5) is 5.69 Å². The van der Waals surface area contributed by atoms with E-state index in [-0.39, 0.29) is 12.0 Å². The minimum Gasteiger partial charge on any atom is -0.496 e. The molecule has 4 aromatic rings. The topological polar surface area (TPSA) is 124 Å². The van der Waals surface area contributed by atoms with Crippen LogP contribution >= 0.6 is 0 Å². The molecule has 2 aromatic carbocycles. The van der Waals surface area contributed by atoms with Gasteiger partial charge in [0.1, 0.15) is 23.3 Å². The van der Waals surface area contributed by atoms with Crippen molar-refractivity contribution < 1.29 is 19.4 Å². The van der Waals surface area contributed by atoms with E-state index in [1.807, 2.05) is 61.5 Å². The fourth-order valence-corrected chi connectivity index (χ4v) is 7.09. The molecule has 10 nitrogen and oxygen atoms in total. The summed E-state index contributed by atoms with van der Waals surface area (Å²) < 4.78 is 11.7. The Morgan fingerprint density at radius 3 is 2.49 bits per heavy atom. The number of aliphatic hydroxyl groups is 1. The summed E-state index contributed by atoms with van der Waals surface area (Å²) in [5.74, 6) is 1.20. The van der Waals surface area contributed by atoms with Crippen LogP contribution in [0.25, 0.3) is 23.3 Å². The summed E-state index contributed by atoms with van der Waals surface area (Å²) in [5.41, 5.74) is 7.13. The standard InChI is InChI=1S/C41H46N6O4/c1-27-8-5-6-18-47(27)26-35-39(50-3)20-29(21-40(35)51-4)11-13-37-34(22-42)33(15-17-43-37)32-9-7-10-36(28(32)2)45-41(49)38-14-12-30(23-44-38)24-46-19-16-31(48)25-46/h7,9-15,17,20-21,23,27,31,48H,5-6,8,16,18-19,24-26H2,1-4H3,(H,45,49)/b13-11+/t27-,31-/m1/s1. The van der Waals surface area contributed by atoms with Gasteiger partial charge in [-0.25, -0.2) is 0 Å². The molecule has 0 spiro atoms. The minimum atomic E-state index is -0.320. The lowest BCUT2D eigenvalue weighted by Gasteiger charge is -2.34. The molecular formula is C41H46N6O4. The number of likely N-dealkylation sites (tertiary alicyclic amines) is 2. The molecule has 0 aliphatic carbocycles. The molecule has 2 aliphatic heterocycles. The second-order valence-corrected chi connectivity index (χ2v) is 13.4. The van der Waals surface area contributed by atoms with Gasteiger partial charge < -0.3 is 19.9 Å². The quantitative estimate of drug-likeness (QED) is 0.177. The van der Waals surface area contributed by atoms with Gasteiger partial charge in [-0.1, -0.05) is 30.7 Å². The average Bonchev–Trinajstić information content (AvgIpc) is 3.56. The van der Waals surface area contributed by atoms with Crippen LogP contribution < -0.4 is 14.8 Å². The SMILES string of the molecule is COc1cc(/C=C/c2nccc(-c3cccc(NC(=O)c4ccc(CN5CC[C@@H](O)C5)cn4)c3C)c2C#N)cc(OC)c1CN1CCCC[C@H]1C. The maximum atomic E-state index is 13.2. The highest BCUT2D eigenvalue weighted by Crippen LogP contribution is 2.35. The maximum absolute atomic E-state index is 13.2. The fourth-order valence-electron chi connectivity index (χ4n) is 7.09. The van der Waals surface area contributed by atoms with Crippen LogP contribution in [0, 0.1) is 18.3 Å². The van der Waals surface area contributed by atoms with Crippen molar-refractivity contribution in [3.8, 4) is 28.7 Å². The molecule has 264 valence electrons. The van der Waals surface area contributed by atoms with Crippen molar-refractivity contribution in [1.29, 1.82) is 5.26 Å². The van der Waals surface area contributed by atoms with Gasteiger partial charge in [0.15, 0.2) is 0 Å². The third-order valence-electron chi connectivity index (χ3n) is 10.0. The monoisotopic (exact) mass is 686 g/mol. The highest BCUT2D eigenvalue weighted by molar-refractivity contribution is 6.03. The lowest BCUT2D eigenvalue weighted by Crippen LogP contribution is -2.36. The lowest BCUT2D eigenvalue weighted by molar-refractivity contribution is 0.102. The average molecular weight is 687 g/mol. The van der Waals surface area contributed by atoms with Crippen molar-refractivity contribution in [2.45, 2.75) is 64.8 Å². The number of anilines is 1. The molecular weight excluding hydrogens is 640 g/mol.